The second-order valence-corrected chi connectivity index (χ2v) is 1.99. The zero-order valence-electron chi connectivity index (χ0n) is 5.84. The van der Waals surface area contributed by atoms with Gasteiger partial charge in [0.15, 0.2) is 0 Å². The van der Waals surface area contributed by atoms with Gasteiger partial charge in [0, 0.05) is 0 Å². The molecule has 0 aromatic carbocycles. The van der Waals surface area contributed by atoms with Gasteiger partial charge in [-0.15, -0.1) is 0 Å². The van der Waals surface area contributed by atoms with Crippen LogP contribution in [0.2, 0.25) is 0 Å². The van der Waals surface area contributed by atoms with Crippen molar-refractivity contribution in [2.75, 3.05) is 0 Å². The summed E-state index contributed by atoms with van der Waals surface area (Å²) in [6.07, 6.45) is 0. The zero-order valence-corrected chi connectivity index (χ0v) is 7.68. The zero-order chi connectivity index (χ0) is 11.7. The van der Waals surface area contributed by atoms with E-state index < -0.39 is 18.0 Å². The molecule has 0 bridgehead atoms. The molecule has 0 saturated heterocycles. The van der Waals surface area contributed by atoms with E-state index in [4.69, 9.17) is 49.9 Å². The van der Waals surface area contributed by atoms with E-state index in [1.54, 1.807) is 0 Å². The molecule has 1 radical (unpaired) electrons. The largest absolute Gasteiger partial charge is 2.00 e. The molecule has 3 N–H and O–H groups in total. The van der Waals surface area contributed by atoms with Crippen molar-refractivity contribution in [3.63, 3.8) is 0 Å². The van der Waals surface area contributed by atoms with Crippen molar-refractivity contribution in [2.24, 2.45) is 0 Å². The van der Waals surface area contributed by atoms with E-state index in [2.05, 4.69) is 0 Å². The molecule has 0 aromatic heterocycles. The maximum atomic E-state index is 8.88. The molecule has 0 heterocycles. The van der Waals surface area contributed by atoms with Crippen LogP contribution < -0.4 is 0 Å². The predicted molar refractivity (Wildman–Crippen MR) is 35.0 cm³/mol. The Morgan fingerprint density at radius 2 is 0.857 bits per heavy atom. The van der Waals surface area contributed by atoms with Crippen LogP contribution in [0.25, 0.3) is 0 Å². The van der Waals surface area contributed by atoms with Gasteiger partial charge in [-0.2, -0.15) is 0 Å². The van der Waals surface area contributed by atoms with Crippen molar-refractivity contribution in [1.82, 2.24) is 0 Å². The standard InChI is InChI=1S/Cu.2NO3.H3O4P/c;2*2-1(3)4;1-5(2,3)4/h;;;(H3,1,2,3,4)/q+2;2*-1;. The van der Waals surface area contributed by atoms with Crippen LogP contribution in [0.5, 0.6) is 0 Å². The normalized spacial score (nSPS) is 7.64. The number of phosphoric acid groups is 1. The van der Waals surface area contributed by atoms with Gasteiger partial charge in [0.25, 0.3) is 0 Å². The summed E-state index contributed by atoms with van der Waals surface area (Å²) in [6, 6.07) is 0. The van der Waals surface area contributed by atoms with Crippen LogP contribution in [0.3, 0.4) is 0 Å². The first-order valence-electron chi connectivity index (χ1n) is 1.88. The molecule has 0 rings (SSSR count). The predicted octanol–water partition coefficient (Wildman–Crippen LogP) is -1.41. The minimum atomic E-state index is -4.64. The van der Waals surface area contributed by atoms with Gasteiger partial charge in [-0.25, -0.2) is 4.57 Å². The van der Waals surface area contributed by atoms with Gasteiger partial charge in [0.05, 0.1) is 10.2 Å². The SMILES string of the molecule is O=P(O)(O)O.O=[N+]([O-])[O-].O=[N+]([O-])[O-].[Cu+2]. The van der Waals surface area contributed by atoms with E-state index in [1.807, 2.05) is 0 Å². The van der Waals surface area contributed by atoms with Crippen LogP contribution >= 0.6 is 7.82 Å². The van der Waals surface area contributed by atoms with Crippen molar-refractivity contribution in [1.29, 1.82) is 0 Å². The second kappa shape index (κ2) is 12.0. The Bertz CT molecular complexity index is 166. The quantitative estimate of drug-likeness (QED) is 0.205. The molecule has 0 aromatic rings. The van der Waals surface area contributed by atoms with Crippen LogP contribution in [0.15, 0.2) is 0 Å². The van der Waals surface area contributed by atoms with E-state index in [9.17, 15) is 0 Å². The molecule has 0 aliphatic heterocycles. The summed E-state index contributed by atoms with van der Waals surface area (Å²) in [4.78, 5) is 38.1. The fraction of sp³-hybridized carbons (Fsp3) is 0. The third-order valence-corrected chi connectivity index (χ3v) is 0. The molecule has 0 atom stereocenters. The van der Waals surface area contributed by atoms with Gasteiger partial charge in [-0.1, -0.05) is 0 Å². The van der Waals surface area contributed by atoms with Crippen LogP contribution in [-0.4, -0.2) is 24.9 Å². The Labute approximate surface area is 85.7 Å². The van der Waals surface area contributed by atoms with Crippen molar-refractivity contribution >= 4 is 7.82 Å². The summed E-state index contributed by atoms with van der Waals surface area (Å²) in [5.41, 5.74) is 0. The van der Waals surface area contributed by atoms with Crippen molar-refractivity contribution in [2.45, 2.75) is 0 Å². The Morgan fingerprint density at radius 3 is 0.857 bits per heavy atom. The average Bonchev–Trinajstić information content (AvgIpc) is 1.50. The van der Waals surface area contributed by atoms with Crippen LogP contribution in [0.4, 0.5) is 0 Å². The molecule has 12 nitrogen and oxygen atoms in total. The van der Waals surface area contributed by atoms with Gasteiger partial charge >= 0.3 is 24.9 Å². The van der Waals surface area contributed by atoms with E-state index >= 15 is 0 Å². The van der Waals surface area contributed by atoms with E-state index in [0.29, 0.717) is 0 Å². The smallest absolute Gasteiger partial charge is 0.356 e. The Balaban J connectivity index is -0.0000000522. The summed E-state index contributed by atoms with van der Waals surface area (Å²) in [5, 5.41) is 29.5. The molecular formula is H3CuN2O10P. The minimum Gasteiger partial charge on any atom is -0.356 e. The van der Waals surface area contributed by atoms with Crippen LogP contribution in [0, 0.1) is 30.6 Å². The monoisotopic (exact) mass is 285 g/mol. The summed E-state index contributed by atoms with van der Waals surface area (Å²) < 4.78 is 8.88. The molecule has 14 heteroatoms. The number of rotatable bonds is 0. The molecule has 0 amide bonds. The molecule has 0 aliphatic rings. The minimum absolute atomic E-state index is 0. The third-order valence-electron chi connectivity index (χ3n) is 0. The van der Waals surface area contributed by atoms with Crippen LogP contribution in [-0.2, 0) is 21.6 Å². The maximum Gasteiger partial charge on any atom is 2.00 e. The number of nitrogens with zero attached hydrogens (tertiary/aromatic N) is 2. The Hall–Kier alpha value is -0.971. The third kappa shape index (κ3) is 1180. The van der Waals surface area contributed by atoms with E-state index in [1.165, 1.54) is 0 Å². The van der Waals surface area contributed by atoms with Gasteiger partial charge in [0.2, 0.25) is 0 Å². The van der Waals surface area contributed by atoms with Crippen LogP contribution in [0.1, 0.15) is 0 Å². The van der Waals surface area contributed by atoms with E-state index in [-0.39, 0.29) is 17.1 Å². The molecule has 89 valence electrons. The van der Waals surface area contributed by atoms with E-state index in [0.717, 1.165) is 0 Å². The number of hydrogen-bond donors (Lipinski definition) is 3. The first-order chi connectivity index (χ1) is 5.46. The van der Waals surface area contributed by atoms with Gasteiger partial charge < -0.3 is 45.3 Å². The number of hydrogen-bond acceptors (Lipinski definition) is 7. The fourth-order valence-corrected chi connectivity index (χ4v) is 0. The first kappa shape index (κ1) is 23.1. The maximum absolute atomic E-state index is 8.88. The van der Waals surface area contributed by atoms with Gasteiger partial charge in [0.1, 0.15) is 0 Å². The summed E-state index contributed by atoms with van der Waals surface area (Å²) in [7, 11) is -4.64. The Kier molecular flexibility index (Phi) is 19.9. The molecule has 0 saturated carbocycles. The molecule has 0 unspecified atom stereocenters. The summed E-state index contributed by atoms with van der Waals surface area (Å²) in [5.74, 6) is 0. The van der Waals surface area contributed by atoms with Crippen molar-refractivity contribution in [3.05, 3.63) is 30.6 Å². The van der Waals surface area contributed by atoms with Gasteiger partial charge in [-0.05, 0) is 0 Å². The van der Waals surface area contributed by atoms with Gasteiger partial charge in [-0.3, -0.25) is 0 Å². The Morgan fingerprint density at radius 1 is 0.857 bits per heavy atom. The molecule has 0 aliphatic carbocycles. The first-order valence-corrected chi connectivity index (χ1v) is 3.44. The molecular weight excluding hydrogens is 283 g/mol. The molecule has 0 spiro atoms. The summed E-state index contributed by atoms with van der Waals surface area (Å²) >= 11 is 0. The fourth-order valence-electron chi connectivity index (χ4n) is 0. The van der Waals surface area contributed by atoms with Crippen molar-refractivity contribution in [3.8, 4) is 0 Å². The molecule has 14 heavy (non-hydrogen) atoms. The topological polar surface area (TPSA) is 210 Å². The average molecular weight is 286 g/mol. The summed E-state index contributed by atoms with van der Waals surface area (Å²) in [6.45, 7) is 0. The van der Waals surface area contributed by atoms with Crippen molar-refractivity contribution < 1.29 is 46.5 Å². The molecule has 0 fully saturated rings. The second-order valence-electron chi connectivity index (χ2n) is 0.960.